The number of aromatic nitrogens is 2. The molecule has 0 saturated carbocycles. The normalized spacial score (nSPS) is 23.2. The zero-order valence-electron chi connectivity index (χ0n) is 14.8. The standard InChI is InChI=1S/C18H28N4O3/c23-8-7-22-17-13-21(12-15(17)11-19-22)18(24)14-1-5-20(6-2-14)16-3-9-25-10-4-16/h11,14,16,23H,1-10,12-13H2. The summed E-state index contributed by atoms with van der Waals surface area (Å²) >= 11 is 0. The third-order valence-electron chi connectivity index (χ3n) is 5.95. The lowest BCUT2D eigenvalue weighted by Crippen LogP contribution is -2.46. The Morgan fingerprint density at radius 1 is 1.20 bits per heavy atom. The van der Waals surface area contributed by atoms with Crippen LogP contribution in [0.25, 0.3) is 0 Å². The maximum absolute atomic E-state index is 12.9. The van der Waals surface area contributed by atoms with E-state index in [0.717, 1.165) is 63.2 Å². The quantitative estimate of drug-likeness (QED) is 0.863. The van der Waals surface area contributed by atoms with Crippen molar-refractivity contribution in [2.75, 3.05) is 32.9 Å². The predicted molar refractivity (Wildman–Crippen MR) is 91.7 cm³/mol. The van der Waals surface area contributed by atoms with Gasteiger partial charge in [0.05, 0.1) is 31.6 Å². The molecule has 0 aromatic carbocycles. The number of rotatable bonds is 4. The van der Waals surface area contributed by atoms with Crippen molar-refractivity contribution in [1.82, 2.24) is 19.6 Å². The average Bonchev–Trinajstić information content (AvgIpc) is 3.24. The predicted octanol–water partition coefficient (Wildman–Crippen LogP) is 0.609. The van der Waals surface area contributed by atoms with Gasteiger partial charge >= 0.3 is 0 Å². The Morgan fingerprint density at radius 3 is 2.68 bits per heavy atom. The van der Waals surface area contributed by atoms with Crippen LogP contribution in [0.2, 0.25) is 0 Å². The summed E-state index contributed by atoms with van der Waals surface area (Å²) in [5.74, 6) is 0.442. The molecule has 138 valence electrons. The number of amides is 1. The third kappa shape index (κ3) is 3.45. The van der Waals surface area contributed by atoms with Crippen molar-refractivity contribution in [3.8, 4) is 0 Å². The van der Waals surface area contributed by atoms with Crippen molar-refractivity contribution in [2.24, 2.45) is 5.92 Å². The number of aliphatic hydroxyl groups excluding tert-OH is 1. The van der Waals surface area contributed by atoms with E-state index in [4.69, 9.17) is 9.84 Å². The number of carbonyl (C=O) groups is 1. The summed E-state index contributed by atoms with van der Waals surface area (Å²) in [5.41, 5.74) is 2.21. The second-order valence-electron chi connectivity index (χ2n) is 7.41. The number of likely N-dealkylation sites (tertiary alicyclic amines) is 1. The lowest BCUT2D eigenvalue weighted by Gasteiger charge is -2.39. The van der Waals surface area contributed by atoms with Gasteiger partial charge < -0.3 is 19.6 Å². The molecule has 4 rings (SSSR count). The van der Waals surface area contributed by atoms with E-state index >= 15 is 0 Å². The molecule has 2 fully saturated rings. The molecule has 7 nitrogen and oxygen atoms in total. The molecule has 0 atom stereocenters. The van der Waals surface area contributed by atoms with E-state index in [1.807, 2.05) is 15.8 Å². The summed E-state index contributed by atoms with van der Waals surface area (Å²) in [6.07, 6.45) is 6.02. The highest BCUT2D eigenvalue weighted by Crippen LogP contribution is 2.29. The van der Waals surface area contributed by atoms with E-state index < -0.39 is 0 Å². The SMILES string of the molecule is O=C(C1CCN(C2CCOCC2)CC1)N1Cc2cnn(CCO)c2C1. The number of fused-ring (bicyclic) bond motifs is 1. The van der Waals surface area contributed by atoms with Crippen LogP contribution in [0, 0.1) is 5.92 Å². The molecule has 1 aromatic heterocycles. The van der Waals surface area contributed by atoms with Crippen LogP contribution in [-0.4, -0.2) is 69.5 Å². The van der Waals surface area contributed by atoms with E-state index in [-0.39, 0.29) is 12.5 Å². The van der Waals surface area contributed by atoms with E-state index in [0.29, 0.717) is 31.6 Å². The van der Waals surface area contributed by atoms with Crippen molar-refractivity contribution in [1.29, 1.82) is 0 Å². The number of piperidine rings is 1. The smallest absolute Gasteiger partial charge is 0.226 e. The first-order valence-corrected chi connectivity index (χ1v) is 9.51. The number of ether oxygens (including phenoxy) is 1. The van der Waals surface area contributed by atoms with E-state index in [1.165, 1.54) is 0 Å². The molecule has 1 aromatic rings. The molecule has 0 bridgehead atoms. The number of carbonyl (C=O) groups excluding carboxylic acids is 1. The molecule has 0 unspecified atom stereocenters. The van der Waals surface area contributed by atoms with Crippen LogP contribution in [0.1, 0.15) is 36.9 Å². The highest BCUT2D eigenvalue weighted by atomic mass is 16.5. The summed E-state index contributed by atoms with van der Waals surface area (Å²) in [6.45, 7) is 5.68. The molecule has 1 amide bonds. The molecule has 0 spiro atoms. The van der Waals surface area contributed by atoms with Crippen LogP contribution in [0.15, 0.2) is 6.20 Å². The van der Waals surface area contributed by atoms with Crippen molar-refractivity contribution < 1.29 is 14.6 Å². The van der Waals surface area contributed by atoms with Gasteiger partial charge in [0.25, 0.3) is 0 Å². The summed E-state index contributed by atoms with van der Waals surface area (Å²) in [4.78, 5) is 17.5. The molecule has 0 radical (unpaired) electrons. The molecular weight excluding hydrogens is 320 g/mol. The Hall–Kier alpha value is -1.44. The Kier molecular flexibility index (Phi) is 5.05. The highest BCUT2D eigenvalue weighted by molar-refractivity contribution is 5.79. The van der Waals surface area contributed by atoms with Crippen molar-refractivity contribution in [3.63, 3.8) is 0 Å². The molecule has 0 aliphatic carbocycles. The minimum atomic E-state index is 0.0761. The maximum atomic E-state index is 12.9. The van der Waals surface area contributed by atoms with Crippen LogP contribution in [0.5, 0.6) is 0 Å². The average molecular weight is 348 g/mol. The first-order chi connectivity index (χ1) is 12.3. The van der Waals surface area contributed by atoms with Gasteiger partial charge in [-0.2, -0.15) is 5.10 Å². The summed E-state index contributed by atoms with van der Waals surface area (Å²) in [7, 11) is 0. The molecular formula is C18H28N4O3. The van der Waals surface area contributed by atoms with Gasteiger partial charge in [-0.05, 0) is 38.8 Å². The zero-order chi connectivity index (χ0) is 17.2. The summed E-state index contributed by atoms with van der Waals surface area (Å²) in [5, 5.41) is 13.4. The van der Waals surface area contributed by atoms with Crippen LogP contribution in [-0.2, 0) is 29.2 Å². The van der Waals surface area contributed by atoms with E-state index in [2.05, 4.69) is 10.00 Å². The van der Waals surface area contributed by atoms with Gasteiger partial charge in [0, 0.05) is 37.3 Å². The van der Waals surface area contributed by atoms with E-state index in [1.54, 1.807) is 0 Å². The van der Waals surface area contributed by atoms with Crippen molar-refractivity contribution in [2.45, 2.75) is 51.4 Å². The lowest BCUT2D eigenvalue weighted by molar-refractivity contribution is -0.138. The van der Waals surface area contributed by atoms with Gasteiger partial charge in [-0.15, -0.1) is 0 Å². The van der Waals surface area contributed by atoms with Gasteiger partial charge in [-0.25, -0.2) is 0 Å². The second-order valence-corrected chi connectivity index (χ2v) is 7.41. The summed E-state index contributed by atoms with van der Waals surface area (Å²) in [6, 6.07) is 0.644. The Labute approximate surface area is 148 Å². The number of aliphatic hydroxyl groups is 1. The number of hydrogen-bond acceptors (Lipinski definition) is 5. The van der Waals surface area contributed by atoms with Gasteiger partial charge in [0.2, 0.25) is 5.91 Å². The van der Waals surface area contributed by atoms with Crippen molar-refractivity contribution in [3.05, 3.63) is 17.5 Å². The Morgan fingerprint density at radius 2 is 1.96 bits per heavy atom. The summed E-state index contributed by atoms with van der Waals surface area (Å²) < 4.78 is 7.29. The fourth-order valence-corrected chi connectivity index (χ4v) is 4.47. The largest absolute Gasteiger partial charge is 0.394 e. The molecule has 4 heterocycles. The topological polar surface area (TPSA) is 70.8 Å². The van der Waals surface area contributed by atoms with Crippen LogP contribution in [0.3, 0.4) is 0 Å². The molecule has 3 aliphatic heterocycles. The number of nitrogens with zero attached hydrogens (tertiary/aromatic N) is 4. The van der Waals surface area contributed by atoms with Crippen LogP contribution in [0.4, 0.5) is 0 Å². The number of hydrogen-bond donors (Lipinski definition) is 1. The monoisotopic (exact) mass is 348 g/mol. The van der Waals surface area contributed by atoms with Crippen molar-refractivity contribution >= 4 is 5.91 Å². The fourth-order valence-electron chi connectivity index (χ4n) is 4.47. The minimum absolute atomic E-state index is 0.0761. The molecule has 7 heteroatoms. The highest BCUT2D eigenvalue weighted by Gasteiger charge is 2.34. The Bertz CT molecular complexity index is 603. The second kappa shape index (κ2) is 7.43. The Balaban J connectivity index is 1.31. The molecule has 2 saturated heterocycles. The first kappa shape index (κ1) is 17.0. The molecule has 25 heavy (non-hydrogen) atoms. The molecule has 1 N–H and O–H groups in total. The van der Waals surface area contributed by atoms with Crippen LogP contribution >= 0.6 is 0 Å². The maximum Gasteiger partial charge on any atom is 0.226 e. The lowest BCUT2D eigenvalue weighted by atomic mass is 9.93. The van der Waals surface area contributed by atoms with Crippen LogP contribution < -0.4 is 0 Å². The van der Waals surface area contributed by atoms with Gasteiger partial charge in [0.15, 0.2) is 0 Å². The fraction of sp³-hybridized carbons (Fsp3) is 0.778. The minimum Gasteiger partial charge on any atom is -0.394 e. The van der Waals surface area contributed by atoms with E-state index in [9.17, 15) is 4.79 Å². The van der Waals surface area contributed by atoms with Gasteiger partial charge in [-0.3, -0.25) is 9.48 Å². The van der Waals surface area contributed by atoms with Gasteiger partial charge in [0.1, 0.15) is 0 Å². The zero-order valence-corrected chi connectivity index (χ0v) is 14.8. The first-order valence-electron chi connectivity index (χ1n) is 9.51. The molecule has 3 aliphatic rings. The third-order valence-corrected chi connectivity index (χ3v) is 5.95. The van der Waals surface area contributed by atoms with Gasteiger partial charge in [-0.1, -0.05) is 0 Å².